The first-order valence-electron chi connectivity index (χ1n) is 9.49. The first kappa shape index (κ1) is 17.5. The highest BCUT2D eigenvalue weighted by Crippen LogP contribution is 2.39. The number of benzene rings is 1. The minimum atomic E-state index is -0.0148. The van der Waals surface area contributed by atoms with Crippen LogP contribution in [0.5, 0.6) is 5.75 Å². The van der Waals surface area contributed by atoms with Gasteiger partial charge in [0.2, 0.25) is 0 Å². The fraction of sp³-hybridized carbons (Fsp3) is 0.381. The largest absolute Gasteiger partial charge is 0.493 e. The van der Waals surface area contributed by atoms with E-state index in [1.165, 1.54) is 5.56 Å². The first-order valence-corrected chi connectivity index (χ1v) is 9.49. The summed E-state index contributed by atoms with van der Waals surface area (Å²) in [5.74, 6) is 1.32. The Morgan fingerprint density at radius 1 is 1.30 bits per heavy atom. The summed E-state index contributed by atoms with van der Waals surface area (Å²) in [7, 11) is 0. The number of anilines is 1. The van der Waals surface area contributed by atoms with Crippen LogP contribution >= 0.6 is 0 Å². The summed E-state index contributed by atoms with van der Waals surface area (Å²) in [6, 6.07) is 9.98. The highest BCUT2D eigenvalue weighted by Gasteiger charge is 2.27. The van der Waals surface area contributed by atoms with Crippen LogP contribution in [0.3, 0.4) is 0 Å². The summed E-state index contributed by atoms with van der Waals surface area (Å²) in [5.41, 5.74) is 2.74. The number of hydrogen-bond donors (Lipinski definition) is 1. The Hall–Kier alpha value is -2.89. The molecule has 2 aliphatic rings. The zero-order valence-electron chi connectivity index (χ0n) is 15.5. The minimum absolute atomic E-state index is 0.0148. The van der Waals surface area contributed by atoms with Crippen molar-refractivity contribution in [2.45, 2.75) is 31.7 Å². The highest BCUT2D eigenvalue weighted by molar-refractivity contribution is 6.06. The van der Waals surface area contributed by atoms with Gasteiger partial charge in [0, 0.05) is 36.2 Å². The van der Waals surface area contributed by atoms with Gasteiger partial charge in [0.05, 0.1) is 19.5 Å². The number of aliphatic imine (C=N–C) groups is 1. The standard InChI is InChI=1S/C21H24N4O2/c1-2-25(21(26)15-5-8-22-9-6-15)18-3-4-20-19(12-18)16(7-10-27-20)11-17-13-23-14-24-17/h3-6,8-9,12,14,16-17H,2,7,10-11,13H2,1H3,(H,23,24). The average Bonchev–Trinajstić information content (AvgIpc) is 3.22. The van der Waals surface area contributed by atoms with Gasteiger partial charge in [-0.2, -0.15) is 0 Å². The Morgan fingerprint density at radius 2 is 2.15 bits per heavy atom. The number of nitrogens with zero attached hydrogens (tertiary/aromatic N) is 3. The maximum absolute atomic E-state index is 12.9. The van der Waals surface area contributed by atoms with E-state index >= 15 is 0 Å². The number of ether oxygens (including phenoxy) is 1. The van der Waals surface area contributed by atoms with Crippen molar-refractivity contribution in [1.82, 2.24) is 10.3 Å². The zero-order valence-corrected chi connectivity index (χ0v) is 15.5. The number of aromatic nitrogens is 1. The minimum Gasteiger partial charge on any atom is -0.493 e. The van der Waals surface area contributed by atoms with E-state index in [4.69, 9.17) is 4.74 Å². The molecule has 4 rings (SSSR count). The second-order valence-corrected chi connectivity index (χ2v) is 6.94. The van der Waals surface area contributed by atoms with Crippen molar-refractivity contribution in [3.8, 4) is 5.75 Å². The molecule has 6 heteroatoms. The fourth-order valence-electron chi connectivity index (χ4n) is 3.84. The average molecular weight is 364 g/mol. The van der Waals surface area contributed by atoms with E-state index in [0.29, 0.717) is 24.1 Å². The summed E-state index contributed by atoms with van der Waals surface area (Å²) in [5, 5.41) is 3.32. The van der Waals surface area contributed by atoms with Crippen LogP contribution < -0.4 is 15.0 Å². The Bertz CT molecular complexity index is 829. The molecule has 0 fully saturated rings. The number of amides is 1. The van der Waals surface area contributed by atoms with Crippen LogP contribution in [-0.2, 0) is 0 Å². The summed E-state index contributed by atoms with van der Waals surface area (Å²) in [4.78, 5) is 23.0. The van der Waals surface area contributed by atoms with E-state index < -0.39 is 0 Å². The zero-order chi connectivity index (χ0) is 18.6. The molecule has 0 saturated heterocycles. The van der Waals surface area contributed by atoms with E-state index in [2.05, 4.69) is 21.4 Å². The SMILES string of the molecule is CCN(C(=O)c1ccncc1)c1ccc2c(c1)C(CC1CN=CN1)CCO2. The molecule has 0 spiro atoms. The van der Waals surface area contributed by atoms with Gasteiger partial charge in [0.25, 0.3) is 5.91 Å². The third kappa shape index (κ3) is 3.65. The molecule has 2 aliphatic heterocycles. The molecule has 1 amide bonds. The van der Waals surface area contributed by atoms with Gasteiger partial charge in [0.1, 0.15) is 5.75 Å². The van der Waals surface area contributed by atoms with Gasteiger partial charge in [-0.1, -0.05) is 0 Å². The number of carbonyl (C=O) groups is 1. The molecule has 0 radical (unpaired) electrons. The molecule has 140 valence electrons. The number of fused-ring (bicyclic) bond motifs is 1. The molecule has 3 heterocycles. The lowest BCUT2D eigenvalue weighted by Crippen LogP contribution is -2.31. The van der Waals surface area contributed by atoms with Gasteiger partial charge >= 0.3 is 0 Å². The van der Waals surface area contributed by atoms with Crippen molar-refractivity contribution < 1.29 is 9.53 Å². The Morgan fingerprint density at radius 3 is 2.89 bits per heavy atom. The molecule has 6 nitrogen and oxygen atoms in total. The van der Waals surface area contributed by atoms with Crippen LogP contribution in [-0.4, -0.2) is 43.0 Å². The van der Waals surface area contributed by atoms with Gasteiger partial charge in [-0.15, -0.1) is 0 Å². The van der Waals surface area contributed by atoms with E-state index in [9.17, 15) is 4.79 Å². The number of rotatable bonds is 5. The quantitative estimate of drug-likeness (QED) is 0.886. The number of carbonyl (C=O) groups excluding carboxylic acids is 1. The molecule has 2 unspecified atom stereocenters. The van der Waals surface area contributed by atoms with Crippen LogP contribution in [0.15, 0.2) is 47.7 Å². The second kappa shape index (κ2) is 7.78. The molecule has 0 saturated carbocycles. The summed E-state index contributed by atoms with van der Waals surface area (Å²) < 4.78 is 5.87. The third-order valence-corrected chi connectivity index (χ3v) is 5.25. The number of hydrogen-bond acceptors (Lipinski definition) is 5. The number of nitrogens with one attached hydrogen (secondary N) is 1. The lowest BCUT2D eigenvalue weighted by Gasteiger charge is -2.30. The molecule has 2 atom stereocenters. The lowest BCUT2D eigenvalue weighted by atomic mass is 9.87. The van der Waals surface area contributed by atoms with E-state index in [-0.39, 0.29) is 5.91 Å². The summed E-state index contributed by atoms with van der Waals surface area (Å²) in [6.07, 6.45) is 7.10. The first-order chi connectivity index (χ1) is 13.3. The van der Waals surface area contributed by atoms with Gasteiger partial charge in [-0.3, -0.25) is 14.8 Å². The van der Waals surface area contributed by atoms with Crippen molar-refractivity contribution in [3.63, 3.8) is 0 Å². The van der Waals surface area contributed by atoms with Crippen molar-refractivity contribution >= 4 is 17.9 Å². The van der Waals surface area contributed by atoms with Gasteiger partial charge in [-0.25, -0.2) is 0 Å². The van der Waals surface area contributed by atoms with Crippen LogP contribution in [0.25, 0.3) is 0 Å². The summed E-state index contributed by atoms with van der Waals surface area (Å²) >= 11 is 0. The van der Waals surface area contributed by atoms with Gasteiger partial charge < -0.3 is 15.0 Å². The van der Waals surface area contributed by atoms with Crippen LogP contribution in [0.4, 0.5) is 5.69 Å². The Kier molecular flexibility index (Phi) is 5.05. The molecule has 0 bridgehead atoms. The van der Waals surface area contributed by atoms with Gasteiger partial charge in [-0.05, 0) is 61.6 Å². The molecule has 2 aromatic rings. The van der Waals surface area contributed by atoms with Crippen molar-refractivity contribution in [1.29, 1.82) is 0 Å². The smallest absolute Gasteiger partial charge is 0.258 e. The predicted molar refractivity (Wildman–Crippen MR) is 106 cm³/mol. The molecule has 1 aromatic heterocycles. The summed E-state index contributed by atoms with van der Waals surface area (Å²) in [6.45, 7) is 4.15. The van der Waals surface area contributed by atoms with E-state index in [1.54, 1.807) is 35.8 Å². The second-order valence-electron chi connectivity index (χ2n) is 6.94. The van der Waals surface area contributed by atoms with Gasteiger partial charge in [0.15, 0.2) is 0 Å². The lowest BCUT2D eigenvalue weighted by molar-refractivity contribution is 0.0988. The molecule has 1 N–H and O–H groups in total. The van der Waals surface area contributed by atoms with Crippen molar-refractivity contribution in [2.75, 3.05) is 24.6 Å². The molecular formula is C21H24N4O2. The Balaban J connectivity index is 1.60. The van der Waals surface area contributed by atoms with Crippen LogP contribution in [0.1, 0.15) is 41.6 Å². The predicted octanol–water partition coefficient (Wildman–Crippen LogP) is 3.00. The molecule has 27 heavy (non-hydrogen) atoms. The molecule has 1 aromatic carbocycles. The Labute approximate surface area is 159 Å². The highest BCUT2D eigenvalue weighted by atomic mass is 16.5. The fourth-order valence-corrected chi connectivity index (χ4v) is 3.84. The monoisotopic (exact) mass is 364 g/mol. The normalized spacial score (nSPS) is 20.5. The molecular weight excluding hydrogens is 340 g/mol. The van der Waals surface area contributed by atoms with E-state index in [1.807, 2.05) is 19.1 Å². The maximum Gasteiger partial charge on any atom is 0.258 e. The third-order valence-electron chi connectivity index (χ3n) is 5.25. The van der Waals surface area contributed by atoms with Crippen molar-refractivity contribution in [3.05, 3.63) is 53.9 Å². The van der Waals surface area contributed by atoms with Crippen molar-refractivity contribution in [2.24, 2.45) is 4.99 Å². The maximum atomic E-state index is 12.9. The van der Waals surface area contributed by atoms with E-state index in [0.717, 1.165) is 37.4 Å². The van der Waals surface area contributed by atoms with Crippen LogP contribution in [0, 0.1) is 0 Å². The van der Waals surface area contributed by atoms with Crippen LogP contribution in [0.2, 0.25) is 0 Å². The molecule has 0 aliphatic carbocycles. The topological polar surface area (TPSA) is 66.8 Å². The number of pyridine rings is 1.